The molecule has 1 amide bonds. The van der Waals surface area contributed by atoms with Crippen LogP contribution in [0.5, 0.6) is 5.75 Å². The van der Waals surface area contributed by atoms with Crippen LogP contribution in [0.25, 0.3) is 0 Å². The second kappa shape index (κ2) is 7.41. The Bertz CT molecular complexity index is 484. The summed E-state index contributed by atoms with van der Waals surface area (Å²) >= 11 is 0. The van der Waals surface area contributed by atoms with Crippen molar-refractivity contribution in [1.29, 1.82) is 0 Å². The number of carbonyl (C=O) groups excluding carboxylic acids is 1. The molecule has 0 radical (unpaired) electrons. The number of ether oxygens (including phenoxy) is 2. The average molecular weight is 295 g/mol. The SMILES string of the molecule is COc1ccc(CC(=O)NC2CCC(OC)CC2)cc1F. The highest BCUT2D eigenvalue weighted by Crippen LogP contribution is 2.21. The van der Waals surface area contributed by atoms with Crippen molar-refractivity contribution < 1.29 is 18.7 Å². The number of nitrogens with one attached hydrogen (secondary N) is 1. The number of hydrogen-bond acceptors (Lipinski definition) is 3. The molecule has 21 heavy (non-hydrogen) atoms. The van der Waals surface area contributed by atoms with Gasteiger partial charge in [-0.15, -0.1) is 0 Å². The van der Waals surface area contributed by atoms with Gasteiger partial charge in [-0.3, -0.25) is 4.79 Å². The average Bonchev–Trinajstić information content (AvgIpc) is 2.48. The number of rotatable bonds is 5. The summed E-state index contributed by atoms with van der Waals surface area (Å²) in [6.45, 7) is 0. The number of hydrogen-bond donors (Lipinski definition) is 1. The van der Waals surface area contributed by atoms with E-state index in [1.807, 2.05) is 0 Å². The molecule has 1 saturated carbocycles. The normalized spacial score (nSPS) is 21.9. The van der Waals surface area contributed by atoms with Crippen LogP contribution in [-0.4, -0.2) is 32.3 Å². The van der Waals surface area contributed by atoms with Gasteiger partial charge in [-0.05, 0) is 43.4 Å². The van der Waals surface area contributed by atoms with Crippen LogP contribution >= 0.6 is 0 Å². The molecule has 116 valence electrons. The first-order valence-corrected chi connectivity index (χ1v) is 7.27. The molecule has 5 heteroatoms. The highest BCUT2D eigenvalue weighted by molar-refractivity contribution is 5.78. The van der Waals surface area contributed by atoms with Gasteiger partial charge in [0.2, 0.25) is 5.91 Å². The Hall–Kier alpha value is -1.62. The Morgan fingerprint density at radius 3 is 2.57 bits per heavy atom. The first-order chi connectivity index (χ1) is 10.1. The van der Waals surface area contributed by atoms with E-state index in [2.05, 4.69) is 5.32 Å². The summed E-state index contributed by atoms with van der Waals surface area (Å²) in [5.41, 5.74) is 0.649. The van der Waals surface area contributed by atoms with E-state index < -0.39 is 5.82 Å². The van der Waals surface area contributed by atoms with Crippen molar-refractivity contribution in [2.45, 2.75) is 44.2 Å². The van der Waals surface area contributed by atoms with Gasteiger partial charge in [-0.2, -0.15) is 0 Å². The minimum Gasteiger partial charge on any atom is -0.494 e. The standard InChI is InChI=1S/C16H22FNO3/c1-20-13-6-4-12(5-7-13)18-16(19)10-11-3-8-15(21-2)14(17)9-11/h3,8-9,12-13H,4-7,10H2,1-2H3,(H,18,19). The topological polar surface area (TPSA) is 47.6 Å². The molecule has 1 aliphatic carbocycles. The van der Waals surface area contributed by atoms with Crippen LogP contribution in [0, 0.1) is 5.82 Å². The second-order valence-corrected chi connectivity index (χ2v) is 5.42. The van der Waals surface area contributed by atoms with Crippen LogP contribution in [0.4, 0.5) is 4.39 Å². The third-order valence-electron chi connectivity index (χ3n) is 3.95. The fraction of sp³-hybridized carbons (Fsp3) is 0.562. The smallest absolute Gasteiger partial charge is 0.224 e. The number of carbonyl (C=O) groups is 1. The molecule has 0 bridgehead atoms. The van der Waals surface area contributed by atoms with Gasteiger partial charge in [0.05, 0.1) is 19.6 Å². The summed E-state index contributed by atoms with van der Waals surface area (Å²) in [7, 11) is 3.14. The van der Waals surface area contributed by atoms with E-state index in [1.54, 1.807) is 19.2 Å². The summed E-state index contributed by atoms with van der Waals surface area (Å²) in [6.07, 6.45) is 4.30. The van der Waals surface area contributed by atoms with Gasteiger partial charge in [0.1, 0.15) is 0 Å². The molecule has 0 spiro atoms. The molecule has 4 nitrogen and oxygen atoms in total. The van der Waals surface area contributed by atoms with Crippen LogP contribution in [0.3, 0.4) is 0 Å². The van der Waals surface area contributed by atoms with Crippen molar-refractivity contribution in [3.63, 3.8) is 0 Å². The van der Waals surface area contributed by atoms with E-state index in [1.165, 1.54) is 13.2 Å². The number of halogens is 1. The summed E-state index contributed by atoms with van der Waals surface area (Å²) in [5, 5.41) is 3.01. The second-order valence-electron chi connectivity index (χ2n) is 5.42. The quantitative estimate of drug-likeness (QED) is 0.907. The maximum atomic E-state index is 13.6. The van der Waals surface area contributed by atoms with Crippen LogP contribution in [0.1, 0.15) is 31.2 Å². The first kappa shape index (κ1) is 15.8. The van der Waals surface area contributed by atoms with E-state index in [4.69, 9.17) is 9.47 Å². The monoisotopic (exact) mass is 295 g/mol. The van der Waals surface area contributed by atoms with Crippen LogP contribution in [0.15, 0.2) is 18.2 Å². The van der Waals surface area contributed by atoms with Crippen molar-refractivity contribution in [2.75, 3.05) is 14.2 Å². The molecule has 2 rings (SSSR count). The molecular formula is C16H22FNO3. The zero-order valence-electron chi connectivity index (χ0n) is 12.5. The van der Waals surface area contributed by atoms with E-state index in [9.17, 15) is 9.18 Å². The van der Waals surface area contributed by atoms with Gasteiger partial charge in [0, 0.05) is 13.2 Å². The molecule has 1 aliphatic rings. The van der Waals surface area contributed by atoms with Gasteiger partial charge < -0.3 is 14.8 Å². The van der Waals surface area contributed by atoms with Crippen molar-refractivity contribution in [1.82, 2.24) is 5.32 Å². The van der Waals surface area contributed by atoms with E-state index in [0.717, 1.165) is 25.7 Å². The maximum absolute atomic E-state index is 13.6. The lowest BCUT2D eigenvalue weighted by atomic mass is 9.93. The lowest BCUT2D eigenvalue weighted by molar-refractivity contribution is -0.121. The third-order valence-corrected chi connectivity index (χ3v) is 3.95. The van der Waals surface area contributed by atoms with E-state index in [-0.39, 0.29) is 24.1 Å². The minimum atomic E-state index is -0.441. The Labute approximate surface area is 124 Å². The van der Waals surface area contributed by atoms with E-state index in [0.29, 0.717) is 11.7 Å². The number of methoxy groups -OCH3 is 2. The molecule has 1 fully saturated rings. The molecule has 1 aromatic rings. The van der Waals surface area contributed by atoms with Crippen LogP contribution in [0.2, 0.25) is 0 Å². The maximum Gasteiger partial charge on any atom is 0.224 e. The Balaban J connectivity index is 1.83. The molecule has 1 N–H and O–H groups in total. The highest BCUT2D eigenvalue weighted by atomic mass is 19.1. The van der Waals surface area contributed by atoms with Crippen molar-refractivity contribution >= 4 is 5.91 Å². The van der Waals surface area contributed by atoms with Gasteiger partial charge >= 0.3 is 0 Å². The Morgan fingerprint density at radius 1 is 1.29 bits per heavy atom. The Morgan fingerprint density at radius 2 is 2.00 bits per heavy atom. The lowest BCUT2D eigenvalue weighted by Gasteiger charge is -2.28. The van der Waals surface area contributed by atoms with Crippen LogP contribution in [-0.2, 0) is 16.0 Å². The Kier molecular flexibility index (Phi) is 5.56. The minimum absolute atomic E-state index is 0.0690. The zero-order chi connectivity index (χ0) is 15.2. The summed E-state index contributed by atoms with van der Waals surface area (Å²) < 4.78 is 23.7. The fourth-order valence-corrected chi connectivity index (χ4v) is 2.73. The van der Waals surface area contributed by atoms with Crippen molar-refractivity contribution in [3.8, 4) is 5.75 Å². The molecule has 0 unspecified atom stereocenters. The van der Waals surface area contributed by atoms with E-state index >= 15 is 0 Å². The number of amides is 1. The molecule has 0 aromatic heterocycles. The van der Waals surface area contributed by atoms with Crippen molar-refractivity contribution in [3.05, 3.63) is 29.6 Å². The molecule has 0 aliphatic heterocycles. The van der Waals surface area contributed by atoms with Gasteiger partial charge in [-0.25, -0.2) is 4.39 Å². The number of benzene rings is 1. The molecule has 0 saturated heterocycles. The van der Waals surface area contributed by atoms with Crippen molar-refractivity contribution in [2.24, 2.45) is 0 Å². The molecule has 0 heterocycles. The van der Waals surface area contributed by atoms with Gasteiger partial charge in [0.15, 0.2) is 11.6 Å². The first-order valence-electron chi connectivity index (χ1n) is 7.27. The largest absolute Gasteiger partial charge is 0.494 e. The van der Waals surface area contributed by atoms with Gasteiger partial charge in [-0.1, -0.05) is 6.07 Å². The predicted molar refractivity (Wildman–Crippen MR) is 77.9 cm³/mol. The van der Waals surface area contributed by atoms with Crippen LogP contribution < -0.4 is 10.1 Å². The summed E-state index contributed by atoms with van der Waals surface area (Å²) in [5.74, 6) is -0.319. The lowest BCUT2D eigenvalue weighted by Crippen LogP contribution is -2.39. The van der Waals surface area contributed by atoms with Gasteiger partial charge in [0.25, 0.3) is 0 Å². The molecule has 0 atom stereocenters. The molecular weight excluding hydrogens is 273 g/mol. The third kappa shape index (κ3) is 4.43. The highest BCUT2D eigenvalue weighted by Gasteiger charge is 2.22. The molecule has 1 aromatic carbocycles. The summed E-state index contributed by atoms with van der Waals surface area (Å²) in [4.78, 5) is 12.0. The predicted octanol–water partition coefficient (Wildman–Crippen LogP) is 2.45. The fourth-order valence-electron chi connectivity index (χ4n) is 2.73. The zero-order valence-corrected chi connectivity index (χ0v) is 12.5. The summed E-state index contributed by atoms with van der Waals surface area (Å²) in [6, 6.07) is 4.80.